The van der Waals surface area contributed by atoms with Gasteiger partial charge < -0.3 is 19.3 Å². The molecule has 0 aliphatic rings. The molecule has 0 saturated heterocycles. The Morgan fingerprint density at radius 1 is 1.03 bits per heavy atom. The van der Waals surface area contributed by atoms with Crippen molar-refractivity contribution in [3.63, 3.8) is 0 Å². The van der Waals surface area contributed by atoms with Gasteiger partial charge in [0.05, 0.1) is 11.1 Å². The van der Waals surface area contributed by atoms with Crippen molar-refractivity contribution in [3.8, 4) is 0 Å². The van der Waals surface area contributed by atoms with E-state index in [1.54, 1.807) is 48.5 Å². The van der Waals surface area contributed by atoms with Gasteiger partial charge in [-0.2, -0.15) is 0 Å². The molecule has 0 radical (unpaired) electrons. The number of aliphatic hydroxyl groups excluding tert-OH is 1. The number of nitrogens with zero attached hydrogens (tertiary/aromatic N) is 1. The lowest BCUT2D eigenvalue weighted by Crippen LogP contribution is -2.43. The average Bonchev–Trinajstić information content (AvgIpc) is 2.83. The largest absolute Gasteiger partial charge is 0.459 e. The van der Waals surface area contributed by atoms with E-state index in [2.05, 4.69) is 4.99 Å². The van der Waals surface area contributed by atoms with Crippen LogP contribution in [0.3, 0.4) is 0 Å². The van der Waals surface area contributed by atoms with Gasteiger partial charge in [0.15, 0.2) is 12.3 Å². The van der Waals surface area contributed by atoms with Gasteiger partial charge in [-0.1, -0.05) is 49.7 Å². The summed E-state index contributed by atoms with van der Waals surface area (Å²) in [7, 11) is 0. The fraction of sp³-hybridized carbons (Fsp3) is 0.375. The normalized spacial score (nSPS) is 14.0. The molecule has 0 amide bonds. The highest BCUT2D eigenvalue weighted by Crippen LogP contribution is 2.14. The lowest BCUT2D eigenvalue weighted by atomic mass is 10.1. The highest BCUT2D eigenvalue weighted by molar-refractivity contribution is 5.90. The van der Waals surface area contributed by atoms with Crippen molar-refractivity contribution in [2.75, 3.05) is 19.9 Å². The van der Waals surface area contributed by atoms with Crippen molar-refractivity contribution >= 4 is 18.2 Å². The van der Waals surface area contributed by atoms with E-state index in [4.69, 9.17) is 14.2 Å². The number of carbonyl (C=O) groups excluding carboxylic acids is 2. The first-order valence-electron chi connectivity index (χ1n) is 10.4. The summed E-state index contributed by atoms with van der Waals surface area (Å²) in [5, 5.41) is 10.5. The number of hydrogen-bond acceptors (Lipinski definition) is 7. The molecule has 2 rings (SSSR count). The number of benzene rings is 2. The van der Waals surface area contributed by atoms with Crippen LogP contribution in [0.5, 0.6) is 0 Å². The predicted octanol–water partition coefficient (Wildman–Crippen LogP) is 3.61. The summed E-state index contributed by atoms with van der Waals surface area (Å²) in [6.07, 6.45) is -2.46. The van der Waals surface area contributed by atoms with Crippen LogP contribution in [0.4, 0.5) is 4.39 Å². The second kappa shape index (κ2) is 14.1. The number of aliphatic imine (C=N–C) groups is 1. The minimum absolute atomic E-state index is 0.0567. The summed E-state index contributed by atoms with van der Waals surface area (Å²) in [5.74, 6) is -1.51. The Labute approximate surface area is 186 Å². The molecule has 32 heavy (non-hydrogen) atoms. The molecule has 0 saturated carbocycles. The van der Waals surface area contributed by atoms with E-state index in [-0.39, 0.29) is 17.9 Å². The zero-order chi connectivity index (χ0) is 23.2. The van der Waals surface area contributed by atoms with Crippen LogP contribution in [0.2, 0.25) is 0 Å². The van der Waals surface area contributed by atoms with Gasteiger partial charge in [-0.3, -0.25) is 4.99 Å². The van der Waals surface area contributed by atoms with Crippen molar-refractivity contribution in [1.29, 1.82) is 0 Å². The number of alkyl halides is 1. The lowest BCUT2D eigenvalue weighted by Gasteiger charge is -2.24. The van der Waals surface area contributed by atoms with Gasteiger partial charge in [0.2, 0.25) is 0 Å². The predicted molar refractivity (Wildman–Crippen MR) is 117 cm³/mol. The third kappa shape index (κ3) is 8.56. The highest BCUT2D eigenvalue weighted by Gasteiger charge is 2.32. The van der Waals surface area contributed by atoms with E-state index in [1.807, 2.05) is 6.92 Å². The molecule has 0 spiro atoms. The summed E-state index contributed by atoms with van der Waals surface area (Å²) in [4.78, 5) is 28.3. The van der Waals surface area contributed by atoms with Gasteiger partial charge in [-0.15, -0.1) is 0 Å². The molecule has 0 bridgehead atoms. The maximum atomic E-state index is 14.8. The van der Waals surface area contributed by atoms with Crippen molar-refractivity contribution in [2.45, 2.75) is 38.1 Å². The number of carbonyl (C=O) groups is 2. The number of esters is 2. The van der Waals surface area contributed by atoms with Crippen molar-refractivity contribution in [3.05, 3.63) is 71.8 Å². The molecule has 0 aliphatic heterocycles. The lowest BCUT2D eigenvalue weighted by molar-refractivity contribution is -0.0591. The number of unbranched alkanes of at least 4 members (excludes halogenated alkanes) is 1. The molecule has 1 N–H and O–H groups in total. The molecule has 0 fully saturated rings. The molecule has 0 unspecified atom stereocenters. The summed E-state index contributed by atoms with van der Waals surface area (Å²) >= 11 is 0. The first-order valence-corrected chi connectivity index (χ1v) is 10.4. The van der Waals surface area contributed by atoms with Gasteiger partial charge in [-0.05, 0) is 30.7 Å². The van der Waals surface area contributed by atoms with E-state index in [0.29, 0.717) is 6.61 Å². The third-order valence-electron chi connectivity index (χ3n) is 4.40. The molecular formula is C24H28FNO6. The zero-order valence-corrected chi connectivity index (χ0v) is 17.9. The SMILES string of the molecule is CCCCOCN=C[C@@H](F)[C@H](OC(=O)c1ccccc1)[C@H](O)COC(=O)c1ccccc1. The Morgan fingerprint density at radius 2 is 1.62 bits per heavy atom. The molecule has 8 heteroatoms. The summed E-state index contributed by atoms with van der Waals surface area (Å²) in [5.41, 5.74) is 0.470. The van der Waals surface area contributed by atoms with Gasteiger partial charge in [0, 0.05) is 12.8 Å². The summed E-state index contributed by atoms with van der Waals surface area (Å²) in [6, 6.07) is 16.1. The molecule has 7 nitrogen and oxygen atoms in total. The van der Waals surface area contributed by atoms with Gasteiger partial charge in [0.1, 0.15) is 19.4 Å². The molecule has 3 atom stereocenters. The molecule has 172 valence electrons. The van der Waals surface area contributed by atoms with Crippen molar-refractivity contribution in [2.24, 2.45) is 4.99 Å². The maximum absolute atomic E-state index is 14.8. The van der Waals surface area contributed by atoms with Crippen molar-refractivity contribution < 1.29 is 33.3 Å². The summed E-state index contributed by atoms with van der Waals surface area (Å²) in [6.45, 7) is 1.89. The Kier molecular flexibility index (Phi) is 11.1. The second-order valence-electron chi connectivity index (χ2n) is 6.93. The fourth-order valence-corrected chi connectivity index (χ4v) is 2.63. The number of hydrogen-bond donors (Lipinski definition) is 1. The molecule has 2 aromatic carbocycles. The van der Waals surface area contributed by atoms with Gasteiger partial charge >= 0.3 is 11.9 Å². The van der Waals surface area contributed by atoms with Crippen LogP contribution in [0.15, 0.2) is 65.7 Å². The molecule has 2 aromatic rings. The van der Waals surface area contributed by atoms with E-state index in [0.717, 1.165) is 19.1 Å². The first kappa shape index (κ1) is 25.2. The van der Waals surface area contributed by atoms with Crippen LogP contribution < -0.4 is 0 Å². The Balaban J connectivity index is 2.01. The van der Waals surface area contributed by atoms with Crippen LogP contribution in [0.1, 0.15) is 40.5 Å². The summed E-state index contributed by atoms with van der Waals surface area (Å²) < 4.78 is 30.3. The second-order valence-corrected chi connectivity index (χ2v) is 6.93. The smallest absolute Gasteiger partial charge is 0.338 e. The van der Waals surface area contributed by atoms with Gasteiger partial charge in [0.25, 0.3) is 0 Å². The molecule has 0 heterocycles. The van der Waals surface area contributed by atoms with E-state index in [1.165, 1.54) is 12.1 Å². The Morgan fingerprint density at radius 3 is 2.22 bits per heavy atom. The monoisotopic (exact) mass is 445 g/mol. The number of halogens is 1. The van der Waals surface area contributed by atoms with Gasteiger partial charge in [-0.25, -0.2) is 14.0 Å². The highest BCUT2D eigenvalue weighted by atomic mass is 19.1. The van der Waals surface area contributed by atoms with Crippen LogP contribution in [0.25, 0.3) is 0 Å². The fourth-order valence-electron chi connectivity index (χ4n) is 2.63. The minimum atomic E-state index is -1.94. The quantitative estimate of drug-likeness (QED) is 0.288. The molecular weight excluding hydrogens is 417 g/mol. The van der Waals surface area contributed by atoms with Crippen LogP contribution in [0, 0.1) is 0 Å². The number of aliphatic hydroxyl groups is 1. The van der Waals surface area contributed by atoms with Crippen LogP contribution in [-0.4, -0.2) is 61.6 Å². The van der Waals surface area contributed by atoms with Crippen LogP contribution >= 0.6 is 0 Å². The zero-order valence-electron chi connectivity index (χ0n) is 17.9. The molecule has 0 aromatic heterocycles. The third-order valence-corrected chi connectivity index (χ3v) is 4.40. The Bertz CT molecular complexity index is 846. The standard InChI is InChI=1S/C24H28FNO6/c1-2-3-14-30-17-26-15-20(25)22(32-24(29)19-12-8-5-9-13-19)21(27)16-31-23(28)18-10-6-4-7-11-18/h4-13,15,20-22,27H,2-3,14,16-17H2,1H3/t20-,21-,22+/m1/s1. The topological polar surface area (TPSA) is 94.4 Å². The average molecular weight is 445 g/mol. The minimum Gasteiger partial charge on any atom is -0.459 e. The number of ether oxygens (including phenoxy) is 3. The van der Waals surface area contributed by atoms with E-state index >= 15 is 0 Å². The van der Waals surface area contributed by atoms with E-state index < -0.39 is 36.9 Å². The van der Waals surface area contributed by atoms with E-state index in [9.17, 15) is 19.1 Å². The maximum Gasteiger partial charge on any atom is 0.338 e. The van der Waals surface area contributed by atoms with Crippen molar-refractivity contribution in [1.82, 2.24) is 0 Å². The Hall–Kier alpha value is -3.10. The van der Waals surface area contributed by atoms with Crippen LogP contribution in [-0.2, 0) is 14.2 Å². The number of rotatable bonds is 13. The first-order chi connectivity index (χ1) is 15.5. The molecule has 0 aliphatic carbocycles.